The summed E-state index contributed by atoms with van der Waals surface area (Å²) < 4.78 is 4.82. The summed E-state index contributed by atoms with van der Waals surface area (Å²) in [5, 5.41) is 0.516. The Balaban J connectivity index is 2.13. The minimum atomic E-state index is -0.690. The Kier molecular flexibility index (Phi) is 3.97. The van der Waals surface area contributed by atoms with Crippen molar-refractivity contribution < 1.29 is 14.3 Å². The molecular formula is C15H11ClO3. The quantitative estimate of drug-likeness (QED) is 0.620. The number of benzene rings is 2. The third-order valence-electron chi connectivity index (χ3n) is 2.63. The number of aryl methyl sites for hydroxylation is 1. The van der Waals surface area contributed by atoms with Crippen molar-refractivity contribution >= 4 is 23.5 Å². The maximum atomic E-state index is 11.8. The third kappa shape index (κ3) is 3.20. The largest absolute Gasteiger partial charge is 0.386 e. The molecule has 0 heterocycles. The van der Waals surface area contributed by atoms with E-state index in [1.165, 1.54) is 12.1 Å². The average Bonchev–Trinajstić information content (AvgIpc) is 2.39. The highest BCUT2D eigenvalue weighted by atomic mass is 35.5. The Morgan fingerprint density at radius 2 is 1.58 bits per heavy atom. The third-order valence-corrected chi connectivity index (χ3v) is 2.88. The number of esters is 2. The van der Waals surface area contributed by atoms with Crippen LogP contribution in [-0.2, 0) is 4.74 Å². The second-order valence-electron chi connectivity index (χ2n) is 4.00. The van der Waals surface area contributed by atoms with Crippen molar-refractivity contribution in [2.75, 3.05) is 0 Å². The molecule has 2 aromatic rings. The second-order valence-corrected chi connectivity index (χ2v) is 4.44. The maximum Gasteiger partial charge on any atom is 0.346 e. The van der Waals surface area contributed by atoms with Gasteiger partial charge in [-0.25, -0.2) is 9.59 Å². The number of hydrogen-bond donors (Lipinski definition) is 0. The van der Waals surface area contributed by atoms with Crippen molar-refractivity contribution in [1.29, 1.82) is 0 Å². The van der Waals surface area contributed by atoms with Gasteiger partial charge in [0.15, 0.2) is 0 Å². The molecule has 0 aliphatic carbocycles. The Labute approximate surface area is 115 Å². The minimum Gasteiger partial charge on any atom is -0.386 e. The van der Waals surface area contributed by atoms with Crippen LogP contribution < -0.4 is 0 Å². The van der Waals surface area contributed by atoms with E-state index in [4.69, 9.17) is 16.3 Å². The fraction of sp³-hybridized carbons (Fsp3) is 0.0667. The van der Waals surface area contributed by atoms with E-state index >= 15 is 0 Å². The molecule has 0 amide bonds. The van der Waals surface area contributed by atoms with Gasteiger partial charge in [-0.2, -0.15) is 0 Å². The van der Waals surface area contributed by atoms with E-state index in [1.807, 2.05) is 6.07 Å². The molecule has 19 heavy (non-hydrogen) atoms. The van der Waals surface area contributed by atoms with E-state index in [2.05, 4.69) is 0 Å². The Morgan fingerprint density at radius 3 is 2.21 bits per heavy atom. The zero-order valence-electron chi connectivity index (χ0n) is 10.2. The van der Waals surface area contributed by atoms with E-state index in [0.717, 1.165) is 5.56 Å². The molecule has 0 N–H and O–H groups in total. The van der Waals surface area contributed by atoms with E-state index in [9.17, 15) is 9.59 Å². The van der Waals surface area contributed by atoms with Gasteiger partial charge in [0.25, 0.3) is 0 Å². The maximum absolute atomic E-state index is 11.8. The normalized spacial score (nSPS) is 10.0. The molecule has 0 spiro atoms. The molecule has 0 aliphatic heterocycles. The molecule has 0 atom stereocenters. The SMILES string of the molecule is Cc1ccccc1C(=O)OC(=O)c1ccc(Cl)cc1. The van der Waals surface area contributed by atoms with Crippen LogP contribution in [0, 0.1) is 6.92 Å². The van der Waals surface area contributed by atoms with Crippen LogP contribution in [0.1, 0.15) is 26.3 Å². The fourth-order valence-corrected chi connectivity index (χ4v) is 1.71. The van der Waals surface area contributed by atoms with Crippen LogP contribution in [0.3, 0.4) is 0 Å². The smallest absolute Gasteiger partial charge is 0.346 e. The van der Waals surface area contributed by atoms with Gasteiger partial charge >= 0.3 is 11.9 Å². The predicted octanol–water partition coefficient (Wildman–Crippen LogP) is 3.65. The van der Waals surface area contributed by atoms with Crippen LogP contribution in [0.4, 0.5) is 0 Å². The molecule has 96 valence electrons. The van der Waals surface area contributed by atoms with E-state index in [1.54, 1.807) is 37.3 Å². The molecule has 0 saturated heterocycles. The number of carbonyl (C=O) groups excluding carboxylic acids is 2. The highest BCUT2D eigenvalue weighted by Gasteiger charge is 2.16. The molecule has 0 fully saturated rings. The molecule has 2 aromatic carbocycles. The lowest BCUT2D eigenvalue weighted by Crippen LogP contribution is -2.13. The summed E-state index contributed by atoms with van der Waals surface area (Å²) in [6.07, 6.45) is 0. The first-order chi connectivity index (χ1) is 9.08. The first-order valence-corrected chi connectivity index (χ1v) is 6.03. The molecule has 0 saturated carbocycles. The molecule has 0 aliphatic rings. The average molecular weight is 275 g/mol. The molecule has 2 rings (SSSR count). The van der Waals surface area contributed by atoms with Crippen molar-refractivity contribution in [2.24, 2.45) is 0 Å². The molecule has 0 radical (unpaired) electrons. The number of hydrogen-bond acceptors (Lipinski definition) is 3. The van der Waals surface area contributed by atoms with Crippen molar-refractivity contribution in [2.45, 2.75) is 6.92 Å². The Hall–Kier alpha value is -2.13. The predicted molar refractivity (Wildman–Crippen MR) is 72.4 cm³/mol. The number of ether oxygens (including phenoxy) is 1. The molecule has 0 aromatic heterocycles. The summed E-state index contributed by atoms with van der Waals surface area (Å²) in [6, 6.07) is 13.1. The molecule has 0 unspecified atom stereocenters. The van der Waals surface area contributed by atoms with Gasteiger partial charge in [-0.15, -0.1) is 0 Å². The summed E-state index contributed by atoms with van der Waals surface area (Å²) in [6.45, 7) is 1.78. The van der Waals surface area contributed by atoms with Gasteiger partial charge in [-0.1, -0.05) is 29.8 Å². The van der Waals surface area contributed by atoms with E-state index in [-0.39, 0.29) is 5.56 Å². The van der Waals surface area contributed by atoms with Gasteiger partial charge in [0.2, 0.25) is 0 Å². The lowest BCUT2D eigenvalue weighted by molar-refractivity contribution is 0.0397. The standard InChI is InChI=1S/C15H11ClO3/c1-10-4-2-3-5-13(10)15(18)19-14(17)11-6-8-12(16)9-7-11/h2-9H,1H3. The fourth-order valence-electron chi connectivity index (χ4n) is 1.59. The first-order valence-electron chi connectivity index (χ1n) is 5.65. The summed E-state index contributed by atoms with van der Waals surface area (Å²) in [4.78, 5) is 23.6. The summed E-state index contributed by atoms with van der Waals surface area (Å²) in [5.74, 6) is -1.34. The van der Waals surface area contributed by atoms with Crippen LogP contribution in [0.15, 0.2) is 48.5 Å². The lowest BCUT2D eigenvalue weighted by Gasteiger charge is -2.05. The number of carbonyl (C=O) groups is 2. The van der Waals surface area contributed by atoms with E-state index < -0.39 is 11.9 Å². The van der Waals surface area contributed by atoms with Gasteiger partial charge in [0, 0.05) is 5.02 Å². The molecule has 4 heteroatoms. The number of halogens is 1. The molecule has 0 bridgehead atoms. The van der Waals surface area contributed by atoms with Gasteiger partial charge in [0.1, 0.15) is 0 Å². The van der Waals surface area contributed by atoms with Crippen molar-refractivity contribution in [3.63, 3.8) is 0 Å². The van der Waals surface area contributed by atoms with Gasteiger partial charge in [-0.3, -0.25) is 0 Å². The van der Waals surface area contributed by atoms with Crippen LogP contribution >= 0.6 is 11.6 Å². The summed E-state index contributed by atoms with van der Waals surface area (Å²) in [7, 11) is 0. The second kappa shape index (κ2) is 5.67. The Morgan fingerprint density at radius 1 is 0.947 bits per heavy atom. The zero-order chi connectivity index (χ0) is 13.8. The molecular weight excluding hydrogens is 264 g/mol. The van der Waals surface area contributed by atoms with Crippen LogP contribution in [0.25, 0.3) is 0 Å². The van der Waals surface area contributed by atoms with Crippen LogP contribution in [0.5, 0.6) is 0 Å². The van der Waals surface area contributed by atoms with Crippen molar-refractivity contribution in [1.82, 2.24) is 0 Å². The van der Waals surface area contributed by atoms with Gasteiger partial charge in [-0.05, 0) is 42.8 Å². The topological polar surface area (TPSA) is 43.4 Å². The summed E-state index contributed by atoms with van der Waals surface area (Å²) in [5.41, 5.74) is 1.42. The lowest BCUT2D eigenvalue weighted by atomic mass is 10.1. The van der Waals surface area contributed by atoms with Crippen LogP contribution in [-0.4, -0.2) is 11.9 Å². The zero-order valence-corrected chi connectivity index (χ0v) is 11.0. The van der Waals surface area contributed by atoms with Crippen molar-refractivity contribution in [3.8, 4) is 0 Å². The monoisotopic (exact) mass is 274 g/mol. The first kappa shape index (κ1) is 13.3. The number of rotatable bonds is 2. The molecule has 3 nitrogen and oxygen atoms in total. The minimum absolute atomic E-state index is 0.284. The van der Waals surface area contributed by atoms with Gasteiger partial charge < -0.3 is 4.74 Å². The van der Waals surface area contributed by atoms with E-state index in [0.29, 0.717) is 10.6 Å². The highest BCUT2D eigenvalue weighted by molar-refractivity contribution is 6.30. The highest BCUT2D eigenvalue weighted by Crippen LogP contribution is 2.13. The van der Waals surface area contributed by atoms with Crippen LogP contribution in [0.2, 0.25) is 5.02 Å². The van der Waals surface area contributed by atoms with Crippen molar-refractivity contribution in [3.05, 3.63) is 70.2 Å². The Bertz CT molecular complexity index is 618. The van der Waals surface area contributed by atoms with Gasteiger partial charge in [0.05, 0.1) is 11.1 Å². The summed E-state index contributed by atoms with van der Waals surface area (Å²) >= 11 is 5.72.